The molecule has 1 aliphatic rings. The Hall–Kier alpha value is -2.30. The summed E-state index contributed by atoms with van der Waals surface area (Å²) in [7, 11) is 0. The van der Waals surface area contributed by atoms with Gasteiger partial charge in [-0.3, -0.25) is 4.79 Å². The molecular weight excluding hydrogens is 212 g/mol. The van der Waals surface area contributed by atoms with E-state index < -0.39 is 5.97 Å². The minimum Gasteiger partial charge on any atom is -0.478 e. The largest absolute Gasteiger partial charge is 0.478 e. The summed E-state index contributed by atoms with van der Waals surface area (Å²) in [5.41, 5.74) is 0.363. The summed E-state index contributed by atoms with van der Waals surface area (Å²) in [6, 6.07) is 4.70. The molecule has 1 aliphatic heterocycles. The van der Waals surface area contributed by atoms with Crippen molar-refractivity contribution in [1.82, 2.24) is 0 Å². The Kier molecular flexibility index (Phi) is 2.59. The summed E-state index contributed by atoms with van der Waals surface area (Å²) >= 11 is 0. The van der Waals surface area contributed by atoms with Gasteiger partial charge in [0.25, 0.3) is 0 Å². The van der Waals surface area contributed by atoms with E-state index in [0.717, 1.165) is 12.2 Å². The maximum absolute atomic E-state index is 11.5. The molecule has 0 radical (unpaired) electrons. The number of allylic oxidation sites excluding steroid dienone is 1. The van der Waals surface area contributed by atoms with Crippen LogP contribution in [0.25, 0.3) is 0 Å². The molecule has 0 spiro atoms. The Bertz CT molecular complexity index is 475. The average molecular weight is 220 g/mol. The number of hydrogen-bond donors (Lipinski definition) is 1. The number of carboxylic acid groups (broad SMARTS) is 1. The van der Waals surface area contributed by atoms with Crippen molar-refractivity contribution in [2.75, 3.05) is 6.79 Å². The number of rotatable bonds is 3. The van der Waals surface area contributed by atoms with Gasteiger partial charge in [0.15, 0.2) is 17.3 Å². The van der Waals surface area contributed by atoms with Crippen LogP contribution < -0.4 is 9.47 Å². The van der Waals surface area contributed by atoms with Crippen molar-refractivity contribution >= 4 is 11.8 Å². The van der Waals surface area contributed by atoms with Crippen molar-refractivity contribution in [1.29, 1.82) is 0 Å². The monoisotopic (exact) mass is 220 g/mol. The molecule has 5 nitrogen and oxygen atoms in total. The number of benzene rings is 1. The van der Waals surface area contributed by atoms with E-state index in [-0.39, 0.29) is 12.6 Å². The van der Waals surface area contributed by atoms with Gasteiger partial charge in [0.05, 0.1) is 0 Å². The van der Waals surface area contributed by atoms with E-state index in [0.29, 0.717) is 17.1 Å². The lowest BCUT2D eigenvalue weighted by atomic mass is 10.1. The van der Waals surface area contributed by atoms with E-state index in [1.165, 1.54) is 6.07 Å². The minimum absolute atomic E-state index is 0.137. The Labute approximate surface area is 90.9 Å². The van der Waals surface area contributed by atoms with E-state index in [1.54, 1.807) is 12.1 Å². The molecule has 2 rings (SSSR count). The molecule has 5 heteroatoms. The molecule has 0 saturated carbocycles. The predicted octanol–water partition coefficient (Wildman–Crippen LogP) is 1.24. The molecule has 82 valence electrons. The van der Waals surface area contributed by atoms with Crippen LogP contribution in [0.5, 0.6) is 11.5 Å². The molecule has 0 aromatic heterocycles. The SMILES string of the molecule is O=C(O)C=CC(=O)c1ccc2c(c1)OCO2. The highest BCUT2D eigenvalue weighted by Gasteiger charge is 2.15. The van der Waals surface area contributed by atoms with Crippen LogP contribution in [-0.4, -0.2) is 23.7 Å². The van der Waals surface area contributed by atoms with Gasteiger partial charge in [-0.1, -0.05) is 0 Å². The summed E-state index contributed by atoms with van der Waals surface area (Å²) < 4.78 is 10.2. The fraction of sp³-hybridized carbons (Fsp3) is 0.0909. The maximum Gasteiger partial charge on any atom is 0.328 e. The van der Waals surface area contributed by atoms with E-state index in [1.807, 2.05) is 0 Å². The summed E-state index contributed by atoms with van der Waals surface area (Å²) in [4.78, 5) is 21.7. The Morgan fingerprint density at radius 1 is 1.19 bits per heavy atom. The predicted molar refractivity (Wildman–Crippen MR) is 53.7 cm³/mol. The zero-order valence-corrected chi connectivity index (χ0v) is 8.17. The van der Waals surface area contributed by atoms with Gasteiger partial charge < -0.3 is 14.6 Å². The van der Waals surface area contributed by atoms with Crippen LogP contribution in [0.3, 0.4) is 0 Å². The zero-order chi connectivity index (χ0) is 11.5. The first-order chi connectivity index (χ1) is 7.66. The second-order valence-electron chi connectivity index (χ2n) is 3.10. The van der Waals surface area contributed by atoms with Gasteiger partial charge >= 0.3 is 5.97 Å². The molecule has 1 N–H and O–H groups in total. The number of fused-ring (bicyclic) bond motifs is 1. The van der Waals surface area contributed by atoms with E-state index in [2.05, 4.69) is 0 Å². The molecule has 0 bridgehead atoms. The highest BCUT2D eigenvalue weighted by molar-refractivity contribution is 6.07. The lowest BCUT2D eigenvalue weighted by Gasteiger charge is -1.98. The summed E-state index contributed by atoms with van der Waals surface area (Å²) in [5.74, 6) is -0.469. The molecule has 0 unspecified atom stereocenters. The number of hydrogen-bond acceptors (Lipinski definition) is 4. The smallest absolute Gasteiger partial charge is 0.328 e. The number of ketones is 1. The van der Waals surface area contributed by atoms with Crippen molar-refractivity contribution in [3.05, 3.63) is 35.9 Å². The van der Waals surface area contributed by atoms with Crippen LogP contribution in [0.1, 0.15) is 10.4 Å². The van der Waals surface area contributed by atoms with E-state index >= 15 is 0 Å². The molecule has 0 saturated heterocycles. The molecule has 0 aliphatic carbocycles. The normalized spacial score (nSPS) is 13.0. The Morgan fingerprint density at radius 3 is 2.69 bits per heavy atom. The number of carbonyl (C=O) groups excluding carboxylic acids is 1. The number of aliphatic carboxylic acids is 1. The fourth-order valence-electron chi connectivity index (χ4n) is 1.29. The molecule has 0 atom stereocenters. The highest BCUT2D eigenvalue weighted by atomic mass is 16.7. The minimum atomic E-state index is -1.16. The molecule has 0 fully saturated rings. The van der Waals surface area contributed by atoms with Crippen molar-refractivity contribution in [2.45, 2.75) is 0 Å². The van der Waals surface area contributed by atoms with Gasteiger partial charge in [-0.25, -0.2) is 4.79 Å². The standard InChI is InChI=1S/C11H8O5/c12-8(2-4-11(13)14)7-1-3-9-10(5-7)16-6-15-9/h1-5H,6H2,(H,13,14). The van der Waals surface area contributed by atoms with Crippen molar-refractivity contribution in [2.24, 2.45) is 0 Å². The van der Waals surface area contributed by atoms with Crippen LogP contribution in [0.15, 0.2) is 30.4 Å². The van der Waals surface area contributed by atoms with Crippen LogP contribution in [0.2, 0.25) is 0 Å². The first-order valence-electron chi connectivity index (χ1n) is 4.52. The van der Waals surface area contributed by atoms with Crippen LogP contribution in [0.4, 0.5) is 0 Å². The quantitative estimate of drug-likeness (QED) is 0.612. The highest BCUT2D eigenvalue weighted by Crippen LogP contribution is 2.32. The van der Waals surface area contributed by atoms with E-state index in [9.17, 15) is 9.59 Å². The van der Waals surface area contributed by atoms with Gasteiger partial charge in [-0.15, -0.1) is 0 Å². The van der Waals surface area contributed by atoms with Gasteiger partial charge in [0.1, 0.15) is 0 Å². The molecular formula is C11H8O5. The summed E-state index contributed by atoms with van der Waals surface area (Å²) in [6.45, 7) is 0.137. The number of carboxylic acids is 1. The number of carbonyl (C=O) groups is 2. The van der Waals surface area contributed by atoms with Gasteiger partial charge in [0.2, 0.25) is 6.79 Å². The molecule has 1 aromatic carbocycles. The average Bonchev–Trinajstić information content (AvgIpc) is 2.72. The van der Waals surface area contributed by atoms with Crippen molar-refractivity contribution in [3.63, 3.8) is 0 Å². The van der Waals surface area contributed by atoms with Gasteiger partial charge in [-0.05, 0) is 24.3 Å². The third kappa shape index (κ3) is 2.03. The Morgan fingerprint density at radius 2 is 1.94 bits per heavy atom. The lowest BCUT2D eigenvalue weighted by molar-refractivity contribution is -0.131. The maximum atomic E-state index is 11.5. The van der Waals surface area contributed by atoms with Crippen LogP contribution >= 0.6 is 0 Å². The third-order valence-electron chi connectivity index (χ3n) is 2.03. The Balaban J connectivity index is 2.21. The van der Waals surface area contributed by atoms with Crippen molar-refractivity contribution in [3.8, 4) is 11.5 Å². The van der Waals surface area contributed by atoms with Crippen LogP contribution in [0, 0.1) is 0 Å². The van der Waals surface area contributed by atoms with Crippen LogP contribution in [-0.2, 0) is 4.79 Å². The summed E-state index contributed by atoms with van der Waals surface area (Å²) in [5, 5.41) is 8.38. The molecule has 0 amide bonds. The molecule has 16 heavy (non-hydrogen) atoms. The lowest BCUT2D eigenvalue weighted by Crippen LogP contribution is -1.96. The van der Waals surface area contributed by atoms with Gasteiger partial charge in [-0.2, -0.15) is 0 Å². The molecule has 1 aromatic rings. The summed E-state index contributed by atoms with van der Waals surface area (Å²) in [6.07, 6.45) is 1.80. The van der Waals surface area contributed by atoms with Gasteiger partial charge in [0, 0.05) is 11.6 Å². The third-order valence-corrected chi connectivity index (χ3v) is 2.03. The van der Waals surface area contributed by atoms with E-state index in [4.69, 9.17) is 14.6 Å². The molecule has 1 heterocycles. The zero-order valence-electron chi connectivity index (χ0n) is 8.17. The first kappa shape index (κ1) is 10.2. The second kappa shape index (κ2) is 4.06. The second-order valence-corrected chi connectivity index (χ2v) is 3.10. The topological polar surface area (TPSA) is 72.8 Å². The van der Waals surface area contributed by atoms with Crippen molar-refractivity contribution < 1.29 is 24.2 Å². The first-order valence-corrected chi connectivity index (χ1v) is 4.52. The fourth-order valence-corrected chi connectivity index (χ4v) is 1.29. The number of ether oxygens (including phenoxy) is 2.